The first kappa shape index (κ1) is 88.3. The number of hydrogen-bond acceptors (Lipinski definition) is 0. The Hall–Kier alpha value is 9.14. The van der Waals surface area contributed by atoms with Crippen LogP contribution in [-0.2, 0) is 0 Å². The van der Waals surface area contributed by atoms with Crippen LogP contribution in [0.5, 0.6) is 0 Å². The van der Waals surface area contributed by atoms with Crippen molar-refractivity contribution in [1.29, 1.82) is 0 Å². The third kappa shape index (κ3) is 67.3. The zero-order valence-electron chi connectivity index (χ0n) is 7.49. The van der Waals surface area contributed by atoms with Crippen LogP contribution in [0.1, 0.15) is 0 Å². The molecule has 0 bridgehead atoms. The molecule has 0 heterocycles. The van der Waals surface area contributed by atoms with E-state index >= 15 is 0 Å². The summed E-state index contributed by atoms with van der Waals surface area (Å²) in [5, 5.41) is 0. The van der Waals surface area contributed by atoms with Crippen molar-refractivity contribution < 1.29 is 88.7 Å². The molecular weight excluding hydrogens is 383 g/mol. The largest absolute Gasteiger partial charge is 3.00 e. The summed E-state index contributed by atoms with van der Waals surface area (Å²) in [7, 11) is 0. The van der Waals surface area contributed by atoms with Crippen LogP contribution in [0.3, 0.4) is 0 Å². The molecule has 0 aromatic heterocycles. The zero-order chi connectivity index (χ0) is 0. The summed E-state index contributed by atoms with van der Waals surface area (Å²) in [6, 6.07) is 0. The number of hydrogen-bond donors (Lipinski definition) is 0. The third-order valence-electron chi connectivity index (χ3n) is 0. The number of rotatable bonds is 0. The van der Waals surface area contributed by atoms with Gasteiger partial charge in [-0.25, -0.2) is 0 Å². The first-order chi connectivity index (χ1) is 0. The molecule has 0 aliphatic carbocycles. The van der Waals surface area contributed by atoms with Crippen LogP contribution in [0.4, 0.5) is 0 Å². The minimum absolute atomic E-state index is 0. The maximum absolute atomic E-state index is 0. The van der Waals surface area contributed by atoms with E-state index in [0.29, 0.717) is 0 Å². The SMILES string of the molecule is [Ca+2].[Ca+2].[Ca+2].[Ga+3].[Na+].[Na+].[Na+].[P-3].[P-3].[P-3].[P-3]. The van der Waals surface area contributed by atoms with E-state index < -0.39 is 0 Å². The Balaban J connectivity index is 0. The van der Waals surface area contributed by atoms with Gasteiger partial charge < -0.3 is 39.6 Å². The van der Waals surface area contributed by atoms with Gasteiger partial charge in [0.05, 0.1) is 0 Å². The van der Waals surface area contributed by atoms with Crippen LogP contribution in [-0.4, -0.2) is 133 Å². The van der Waals surface area contributed by atoms with Crippen molar-refractivity contribution in [3.8, 4) is 0 Å². The molecule has 11 heteroatoms. The van der Waals surface area contributed by atoms with Crippen LogP contribution < -0.4 is 88.7 Å². The molecule has 0 aliphatic heterocycles. The van der Waals surface area contributed by atoms with Gasteiger partial charge in [0.2, 0.25) is 0 Å². The van der Waals surface area contributed by atoms with Crippen molar-refractivity contribution in [2.24, 2.45) is 0 Å². The van der Waals surface area contributed by atoms with Crippen molar-refractivity contribution in [2.45, 2.75) is 0 Å². The Morgan fingerprint density at radius 3 is 0.364 bits per heavy atom. The fourth-order valence-electron chi connectivity index (χ4n) is 0. The molecule has 0 radical (unpaired) electrons. The smallest absolute Gasteiger partial charge is 3.00 e. The fourth-order valence-corrected chi connectivity index (χ4v) is 0. The zero-order valence-corrected chi connectivity index (χ0v) is 26.1. The molecule has 11 heavy (non-hydrogen) atoms. The predicted octanol–water partition coefficient (Wildman–Crippen LogP) is -7.07. The average Bonchev–Trinajstić information content (AvgIpc) is 0. The Kier molecular flexibility index (Phi) is 606. The molecule has 0 aromatic carbocycles. The maximum Gasteiger partial charge on any atom is 3.00 e. The first-order valence-electron chi connectivity index (χ1n) is 0. The van der Waals surface area contributed by atoms with Crippen molar-refractivity contribution >= 4 is 173 Å². The topological polar surface area (TPSA) is 0 Å². The monoisotopic (exact) mass is 382 g/mol. The fraction of sp³-hybridized carbons (Fsp3) is 0. The second-order valence-corrected chi connectivity index (χ2v) is 0. The van der Waals surface area contributed by atoms with Gasteiger partial charge in [0, 0.05) is 0 Å². The van der Waals surface area contributed by atoms with Crippen LogP contribution >= 0.6 is 39.6 Å². The van der Waals surface area contributed by atoms with Crippen molar-refractivity contribution in [1.82, 2.24) is 0 Å². The standard InChI is InChI=1S/3Ca.Ga.3Na.4P/q3*+2;+3;3*+1;4*-3. The molecule has 32 valence electrons. The minimum Gasteiger partial charge on any atom is -3.00 e. The summed E-state index contributed by atoms with van der Waals surface area (Å²) >= 11 is 0. The van der Waals surface area contributed by atoms with E-state index in [4.69, 9.17) is 0 Å². The van der Waals surface area contributed by atoms with E-state index in [0.717, 1.165) is 0 Å². The summed E-state index contributed by atoms with van der Waals surface area (Å²) in [5.74, 6) is 0. The molecular formula is Ca3GaNa3P4. The maximum atomic E-state index is 0. The Morgan fingerprint density at radius 1 is 0.364 bits per heavy atom. The molecule has 0 atom stereocenters. The Bertz CT molecular complexity index is 20.5. The van der Waals surface area contributed by atoms with Gasteiger partial charge in [-0.3, -0.25) is 0 Å². The van der Waals surface area contributed by atoms with Gasteiger partial charge in [-0.1, -0.05) is 0 Å². The van der Waals surface area contributed by atoms with Crippen molar-refractivity contribution in [3.05, 3.63) is 0 Å². The van der Waals surface area contributed by atoms with Crippen molar-refractivity contribution in [2.75, 3.05) is 0 Å². The van der Waals surface area contributed by atoms with Gasteiger partial charge in [0.25, 0.3) is 0 Å². The molecule has 0 aromatic rings. The van der Waals surface area contributed by atoms with E-state index in [9.17, 15) is 0 Å². The van der Waals surface area contributed by atoms with Crippen LogP contribution in [0, 0.1) is 0 Å². The van der Waals surface area contributed by atoms with Gasteiger partial charge >= 0.3 is 222 Å². The average molecular weight is 383 g/mol. The molecule has 0 nitrogen and oxygen atoms in total. The quantitative estimate of drug-likeness (QED) is 0.289. The van der Waals surface area contributed by atoms with Crippen LogP contribution in [0.2, 0.25) is 0 Å². The molecule has 0 saturated heterocycles. The van der Waals surface area contributed by atoms with E-state index in [1.165, 1.54) is 0 Å². The van der Waals surface area contributed by atoms with Gasteiger partial charge in [-0.2, -0.15) is 0 Å². The van der Waals surface area contributed by atoms with Crippen LogP contribution in [0.25, 0.3) is 0 Å². The summed E-state index contributed by atoms with van der Waals surface area (Å²) in [5.41, 5.74) is 0. The minimum atomic E-state index is 0. The molecule has 0 aliphatic rings. The Morgan fingerprint density at radius 2 is 0.364 bits per heavy atom. The van der Waals surface area contributed by atoms with Crippen LogP contribution in [0.15, 0.2) is 0 Å². The van der Waals surface area contributed by atoms with Crippen molar-refractivity contribution in [3.63, 3.8) is 0 Å². The summed E-state index contributed by atoms with van der Waals surface area (Å²) in [6.45, 7) is 0. The summed E-state index contributed by atoms with van der Waals surface area (Å²) in [4.78, 5) is 0. The van der Waals surface area contributed by atoms with E-state index in [2.05, 4.69) is 0 Å². The molecule has 0 N–H and O–H groups in total. The molecule has 0 saturated carbocycles. The third-order valence-corrected chi connectivity index (χ3v) is 0. The van der Waals surface area contributed by atoms with Gasteiger partial charge in [-0.15, -0.1) is 0 Å². The first-order valence-corrected chi connectivity index (χ1v) is 0. The molecule has 0 spiro atoms. The van der Waals surface area contributed by atoms with E-state index in [1.807, 2.05) is 0 Å². The van der Waals surface area contributed by atoms with Gasteiger partial charge in [0.1, 0.15) is 0 Å². The summed E-state index contributed by atoms with van der Waals surface area (Å²) < 4.78 is 0. The normalized spacial score (nSPS) is 0. The second kappa shape index (κ2) is 75.4. The molecule has 0 unspecified atom stereocenters. The summed E-state index contributed by atoms with van der Waals surface area (Å²) in [6.07, 6.45) is 0. The Labute approximate surface area is 253 Å². The van der Waals surface area contributed by atoms with Gasteiger partial charge in [-0.05, 0) is 0 Å². The predicted molar refractivity (Wildman–Crippen MR) is 50.7 cm³/mol. The molecule has 0 rings (SSSR count). The van der Waals surface area contributed by atoms with E-state index in [-0.39, 0.29) is 261 Å². The van der Waals surface area contributed by atoms with Gasteiger partial charge in [0.15, 0.2) is 0 Å². The second-order valence-electron chi connectivity index (χ2n) is 0. The van der Waals surface area contributed by atoms with E-state index in [1.54, 1.807) is 0 Å². The molecule has 0 fully saturated rings. The molecule has 0 amide bonds.